The third-order valence-electron chi connectivity index (χ3n) is 2.31. The molecule has 0 heterocycles. The quantitative estimate of drug-likeness (QED) is 0.685. The first-order valence-electron chi connectivity index (χ1n) is 4.82. The van der Waals surface area contributed by atoms with Crippen LogP contribution in [0.4, 0.5) is 13.2 Å². The lowest BCUT2D eigenvalue weighted by Gasteiger charge is -2.07. The first kappa shape index (κ1) is 12.0. The van der Waals surface area contributed by atoms with E-state index in [9.17, 15) is 13.2 Å². The molecule has 0 N–H and O–H groups in total. The van der Waals surface area contributed by atoms with Gasteiger partial charge >= 0.3 is 6.18 Å². The Morgan fingerprint density at radius 2 is 1.59 bits per heavy atom. The molecule has 2 aromatic rings. The zero-order chi connectivity index (χ0) is 12.5. The molecule has 2 aromatic carbocycles. The highest BCUT2D eigenvalue weighted by Gasteiger charge is 2.29. The number of alkyl halides is 3. The summed E-state index contributed by atoms with van der Waals surface area (Å²) in [5.74, 6) is 0. The molecule has 0 fully saturated rings. The minimum atomic E-state index is -4.30. The number of rotatable bonds is 1. The Balaban J connectivity index is 2.36. The van der Waals surface area contributed by atoms with E-state index in [-0.39, 0.29) is 0 Å². The standard InChI is InChI=1S/C13H7ClF3/c14-12-3-1-2-10(8-12)9-4-6-11(7-5-9)13(15,16)17/h1-2,4-8H. The summed E-state index contributed by atoms with van der Waals surface area (Å²) in [7, 11) is 0. The van der Waals surface area contributed by atoms with Crippen LogP contribution >= 0.6 is 11.6 Å². The summed E-state index contributed by atoms with van der Waals surface area (Å²) in [6.07, 6.45) is -4.30. The maximum Gasteiger partial charge on any atom is 0.416 e. The average molecular weight is 256 g/mol. The van der Waals surface area contributed by atoms with Crippen LogP contribution in [0.25, 0.3) is 11.1 Å². The van der Waals surface area contributed by atoms with Crippen molar-refractivity contribution in [3.05, 3.63) is 59.1 Å². The van der Waals surface area contributed by atoms with Gasteiger partial charge in [0.15, 0.2) is 0 Å². The second-order valence-corrected chi connectivity index (χ2v) is 3.91. The van der Waals surface area contributed by atoms with Gasteiger partial charge < -0.3 is 0 Å². The van der Waals surface area contributed by atoms with Crippen molar-refractivity contribution in [1.29, 1.82) is 0 Å². The summed E-state index contributed by atoms with van der Waals surface area (Å²) in [4.78, 5) is 0. The fraction of sp³-hybridized carbons (Fsp3) is 0.0769. The summed E-state index contributed by atoms with van der Waals surface area (Å²) < 4.78 is 37.1. The molecule has 0 bridgehead atoms. The lowest BCUT2D eigenvalue weighted by Crippen LogP contribution is -2.03. The van der Waals surface area contributed by atoms with E-state index in [0.717, 1.165) is 17.7 Å². The van der Waals surface area contributed by atoms with Gasteiger partial charge in [-0.3, -0.25) is 0 Å². The van der Waals surface area contributed by atoms with Crippen LogP contribution in [-0.2, 0) is 6.18 Å². The van der Waals surface area contributed by atoms with Crippen molar-refractivity contribution in [3.63, 3.8) is 0 Å². The van der Waals surface area contributed by atoms with Gasteiger partial charge in [0, 0.05) is 11.1 Å². The van der Waals surface area contributed by atoms with E-state index in [2.05, 4.69) is 6.07 Å². The Hall–Kier alpha value is -1.48. The Morgan fingerprint density at radius 1 is 0.941 bits per heavy atom. The SMILES string of the molecule is FC(F)(F)c1ccc(-c2cc[c]c(Cl)c2)cc1. The van der Waals surface area contributed by atoms with E-state index in [1.807, 2.05) is 0 Å². The summed E-state index contributed by atoms with van der Waals surface area (Å²) in [5, 5.41) is 0.433. The van der Waals surface area contributed by atoms with Gasteiger partial charge in [-0.2, -0.15) is 13.2 Å². The second kappa shape index (κ2) is 4.41. The lowest BCUT2D eigenvalue weighted by atomic mass is 10.0. The summed E-state index contributed by atoms with van der Waals surface area (Å²) in [6, 6.07) is 12.8. The molecule has 0 atom stereocenters. The Morgan fingerprint density at radius 3 is 2.12 bits per heavy atom. The first-order chi connectivity index (χ1) is 7.97. The van der Waals surface area contributed by atoms with Crippen molar-refractivity contribution in [3.8, 4) is 11.1 Å². The van der Waals surface area contributed by atoms with Gasteiger partial charge in [-0.05, 0) is 29.3 Å². The molecule has 0 aromatic heterocycles. The third-order valence-corrected chi connectivity index (χ3v) is 2.53. The van der Waals surface area contributed by atoms with Gasteiger partial charge in [-0.25, -0.2) is 0 Å². The highest BCUT2D eigenvalue weighted by atomic mass is 35.5. The van der Waals surface area contributed by atoms with Gasteiger partial charge in [-0.15, -0.1) is 0 Å². The van der Waals surface area contributed by atoms with E-state index in [1.54, 1.807) is 18.2 Å². The van der Waals surface area contributed by atoms with Crippen LogP contribution in [0.2, 0.25) is 5.02 Å². The molecule has 0 aliphatic rings. The molecule has 0 amide bonds. The summed E-state index contributed by atoms with van der Waals surface area (Å²) in [5.41, 5.74) is 0.797. The third kappa shape index (κ3) is 2.80. The molecule has 0 spiro atoms. The minimum Gasteiger partial charge on any atom is -0.166 e. The van der Waals surface area contributed by atoms with Crippen molar-refractivity contribution in [2.24, 2.45) is 0 Å². The minimum absolute atomic E-state index is 0.433. The summed E-state index contributed by atoms with van der Waals surface area (Å²) >= 11 is 5.76. The van der Waals surface area contributed by atoms with E-state index in [1.165, 1.54) is 12.1 Å². The normalized spacial score (nSPS) is 11.5. The zero-order valence-electron chi connectivity index (χ0n) is 8.55. The molecular weight excluding hydrogens is 249 g/mol. The van der Waals surface area contributed by atoms with Crippen LogP contribution in [0.1, 0.15) is 5.56 Å². The van der Waals surface area contributed by atoms with Crippen molar-refractivity contribution in [2.75, 3.05) is 0 Å². The molecule has 0 saturated carbocycles. The van der Waals surface area contributed by atoms with Gasteiger partial charge in [0.1, 0.15) is 0 Å². The molecule has 17 heavy (non-hydrogen) atoms. The Bertz CT molecular complexity index is 515. The maximum atomic E-state index is 12.4. The predicted octanol–water partition coefficient (Wildman–Crippen LogP) is 4.83. The topological polar surface area (TPSA) is 0 Å². The predicted molar refractivity (Wildman–Crippen MR) is 60.7 cm³/mol. The Kier molecular flexibility index (Phi) is 3.11. The van der Waals surface area contributed by atoms with Crippen LogP contribution in [0.15, 0.2) is 42.5 Å². The van der Waals surface area contributed by atoms with Crippen molar-refractivity contribution in [2.45, 2.75) is 6.18 Å². The van der Waals surface area contributed by atoms with Gasteiger partial charge in [0.05, 0.1) is 5.56 Å². The molecule has 0 unspecified atom stereocenters. The molecular formula is C13H7ClF3. The van der Waals surface area contributed by atoms with Crippen molar-refractivity contribution >= 4 is 11.6 Å². The fourth-order valence-corrected chi connectivity index (χ4v) is 1.65. The van der Waals surface area contributed by atoms with Crippen LogP contribution in [0.3, 0.4) is 0 Å². The van der Waals surface area contributed by atoms with Crippen molar-refractivity contribution < 1.29 is 13.2 Å². The largest absolute Gasteiger partial charge is 0.416 e. The lowest BCUT2D eigenvalue weighted by molar-refractivity contribution is -0.137. The first-order valence-corrected chi connectivity index (χ1v) is 5.19. The average Bonchev–Trinajstić information content (AvgIpc) is 2.28. The molecule has 2 rings (SSSR count). The van der Waals surface area contributed by atoms with Crippen LogP contribution in [-0.4, -0.2) is 0 Å². The number of hydrogen-bond acceptors (Lipinski definition) is 0. The van der Waals surface area contributed by atoms with Gasteiger partial charge in [-0.1, -0.05) is 35.9 Å². The number of benzene rings is 2. The number of halogens is 4. The van der Waals surface area contributed by atoms with Gasteiger partial charge in [0.25, 0.3) is 0 Å². The zero-order valence-corrected chi connectivity index (χ0v) is 9.31. The van der Waals surface area contributed by atoms with Crippen LogP contribution in [0.5, 0.6) is 0 Å². The van der Waals surface area contributed by atoms with Crippen LogP contribution < -0.4 is 0 Å². The maximum absolute atomic E-state index is 12.4. The highest BCUT2D eigenvalue weighted by Crippen LogP contribution is 2.31. The molecule has 0 nitrogen and oxygen atoms in total. The van der Waals surface area contributed by atoms with E-state index < -0.39 is 11.7 Å². The van der Waals surface area contributed by atoms with E-state index in [4.69, 9.17) is 11.6 Å². The molecule has 4 heteroatoms. The molecule has 1 radical (unpaired) electrons. The second-order valence-electron chi connectivity index (χ2n) is 3.50. The van der Waals surface area contributed by atoms with E-state index >= 15 is 0 Å². The smallest absolute Gasteiger partial charge is 0.166 e. The fourth-order valence-electron chi connectivity index (χ4n) is 1.47. The molecule has 0 aliphatic carbocycles. The monoisotopic (exact) mass is 255 g/mol. The molecule has 0 saturated heterocycles. The van der Waals surface area contributed by atoms with E-state index in [0.29, 0.717) is 10.6 Å². The summed E-state index contributed by atoms with van der Waals surface area (Å²) in [6.45, 7) is 0. The number of hydrogen-bond donors (Lipinski definition) is 0. The highest BCUT2D eigenvalue weighted by molar-refractivity contribution is 6.30. The Labute approximate surface area is 102 Å². The van der Waals surface area contributed by atoms with Gasteiger partial charge in [0.2, 0.25) is 0 Å². The van der Waals surface area contributed by atoms with Crippen LogP contribution in [0, 0.1) is 6.07 Å². The molecule has 87 valence electrons. The molecule has 0 aliphatic heterocycles. The van der Waals surface area contributed by atoms with Crippen molar-refractivity contribution in [1.82, 2.24) is 0 Å².